The molecule has 0 unspecified atom stereocenters. The fourth-order valence-corrected chi connectivity index (χ4v) is 10.2. The standard InChI is InChI=1S/C15H28N4O.C13H24N4.C12H21N3O.C10H19N3.C9H16N2O.C8H14N2.C7H12N2/c1-14(2)15-12-16-19(13-15)9-8-17-4-6-18(7-5-17)10-11-20-3;1-12(2)13-10-14-17(11-13)9-8-16-6-4-15(3)5-7-16;1-11(2)12-9-13-15(10-12)4-3-14-5-7-16-8-6-14;1-9(2)10-7-11-13(8-10)6-5-12(3)4;1-8(2)9-6-10-11(7-9)4-5-12-3;1-4-10-6-8(5-9-10)7(2)3;1-6(2)7-4-8-9(3)5-7/h12-14H,4-11H2,1-3H3;10-12H,4-9H2,1-3H3;9-11H,3-8H2,1-2H3;7-9H,5-6H2,1-4H3;6-8H,4-5H2,1-3H3;5-7H,4H2,1-3H3;4-6H,1-3H3. The fraction of sp³-hybridized carbons (Fsp3) is 0.716. The summed E-state index contributed by atoms with van der Waals surface area (Å²) in [5.74, 6) is 4.03. The number of likely N-dealkylation sites (N-methyl/N-ethyl adjacent to an activating group) is 2. The first-order valence-electron chi connectivity index (χ1n) is 36.3. The summed E-state index contributed by atoms with van der Waals surface area (Å²) in [6, 6.07) is 0. The Morgan fingerprint density at radius 3 is 0.918 bits per heavy atom. The minimum atomic E-state index is 0.557. The van der Waals surface area contributed by atoms with Crippen LogP contribution in [0.2, 0.25) is 0 Å². The Morgan fingerprint density at radius 2 is 0.629 bits per heavy atom. The van der Waals surface area contributed by atoms with Gasteiger partial charge in [-0.3, -0.25) is 52.4 Å². The first-order valence-corrected chi connectivity index (χ1v) is 36.3. The maximum absolute atomic E-state index is 5.32. The average molecular weight is 1350 g/mol. The highest BCUT2D eigenvalue weighted by Crippen LogP contribution is 2.17. The molecule has 10 rings (SSSR count). The van der Waals surface area contributed by atoms with Gasteiger partial charge in [-0.15, -0.1) is 0 Å². The topological polar surface area (TPSA) is 172 Å². The van der Waals surface area contributed by atoms with Crippen molar-refractivity contribution in [3.8, 4) is 0 Å². The Hall–Kier alpha value is -5.89. The third-order valence-electron chi connectivity index (χ3n) is 17.6. The number of methoxy groups -OCH3 is 2. The Morgan fingerprint density at radius 1 is 0.351 bits per heavy atom. The zero-order valence-corrected chi connectivity index (χ0v) is 64.5. The second-order valence-electron chi connectivity index (χ2n) is 28.4. The van der Waals surface area contributed by atoms with Crippen LogP contribution in [-0.2, 0) is 60.5 Å². The molecule has 0 N–H and O–H groups in total. The van der Waals surface area contributed by atoms with Crippen LogP contribution in [0.1, 0.15) is 184 Å². The molecule has 3 saturated heterocycles. The Labute approximate surface area is 586 Å². The SMILES string of the molecule is CC(C)c1cnn(C)c1.CC(C)c1cnn(CCN(C)C)c1.CC(C)c1cnn(CCN2CCN(C)CC2)c1.CC(C)c1cnn(CCN2CCOCC2)c1.CCn1cc(C(C)C)cn1.COCCN1CCN(CCn2cc(C(C)C)cn2)CC1.COCCn1cc(C(C)C)cn1. The highest BCUT2D eigenvalue weighted by molar-refractivity contribution is 5.12. The molecule has 3 aliphatic rings. The molecule has 3 aliphatic heterocycles. The maximum atomic E-state index is 5.32. The number of nitrogens with zero attached hydrogens (tertiary/aromatic N) is 20. The van der Waals surface area contributed by atoms with Crippen LogP contribution in [-0.4, -0.2) is 258 Å². The summed E-state index contributed by atoms with van der Waals surface area (Å²) < 4.78 is 29.3. The number of ether oxygens (including phenoxy) is 3. The van der Waals surface area contributed by atoms with Crippen LogP contribution in [0.25, 0.3) is 0 Å². The van der Waals surface area contributed by atoms with Crippen molar-refractivity contribution < 1.29 is 14.2 Å². The van der Waals surface area contributed by atoms with Crippen LogP contribution < -0.4 is 0 Å². The van der Waals surface area contributed by atoms with Crippen molar-refractivity contribution in [2.45, 2.75) is 185 Å². The first-order chi connectivity index (χ1) is 46.4. The van der Waals surface area contributed by atoms with Crippen molar-refractivity contribution in [2.24, 2.45) is 7.05 Å². The summed E-state index contributed by atoms with van der Waals surface area (Å²) in [7, 11) is 11.8. The van der Waals surface area contributed by atoms with Crippen molar-refractivity contribution in [1.29, 1.82) is 0 Å². The van der Waals surface area contributed by atoms with Crippen LogP contribution in [0.5, 0.6) is 0 Å². The van der Waals surface area contributed by atoms with E-state index in [0.717, 1.165) is 138 Å². The number of piperazine rings is 2. The molecule has 0 spiro atoms. The van der Waals surface area contributed by atoms with Gasteiger partial charge in [0.15, 0.2) is 0 Å². The third-order valence-corrected chi connectivity index (χ3v) is 17.6. The minimum absolute atomic E-state index is 0.557. The summed E-state index contributed by atoms with van der Waals surface area (Å²) in [6.07, 6.45) is 28.6. The van der Waals surface area contributed by atoms with Crippen molar-refractivity contribution >= 4 is 0 Å². The number of rotatable bonds is 26. The molecule has 0 bridgehead atoms. The van der Waals surface area contributed by atoms with Gasteiger partial charge in [0, 0.05) is 169 Å². The van der Waals surface area contributed by atoms with E-state index in [1.807, 2.05) is 80.0 Å². The van der Waals surface area contributed by atoms with Crippen LogP contribution >= 0.6 is 0 Å². The van der Waals surface area contributed by atoms with Gasteiger partial charge >= 0.3 is 0 Å². The van der Waals surface area contributed by atoms with E-state index in [1.54, 1.807) is 14.2 Å². The average Bonchev–Trinajstić information content (AvgIpc) is 2.15. The molecule has 548 valence electrons. The maximum Gasteiger partial charge on any atom is 0.0658 e. The lowest BCUT2D eigenvalue weighted by Crippen LogP contribution is -2.47. The van der Waals surface area contributed by atoms with E-state index >= 15 is 0 Å². The molecule has 7 aromatic rings. The molecular formula is C74H134N20O3. The van der Waals surface area contributed by atoms with Crippen LogP contribution in [0.15, 0.2) is 86.8 Å². The zero-order valence-electron chi connectivity index (χ0n) is 64.5. The first kappa shape index (κ1) is 83.5. The molecule has 0 radical (unpaired) electrons. The molecule has 0 aromatic carbocycles. The highest BCUT2D eigenvalue weighted by Gasteiger charge is 2.18. The largest absolute Gasteiger partial charge is 0.383 e. The molecule has 10 heterocycles. The minimum Gasteiger partial charge on any atom is -0.383 e. The van der Waals surface area contributed by atoms with Gasteiger partial charge in [0.25, 0.3) is 0 Å². The van der Waals surface area contributed by atoms with Crippen molar-refractivity contribution in [2.75, 3.05) is 160 Å². The number of hydrogen-bond acceptors (Lipinski definition) is 16. The van der Waals surface area contributed by atoms with Crippen LogP contribution in [0.3, 0.4) is 0 Å². The molecule has 0 saturated carbocycles. The number of morpholine rings is 1. The molecule has 0 atom stereocenters. The quantitative estimate of drug-likeness (QED) is 0.0501. The Kier molecular flexibility index (Phi) is 40.0. The van der Waals surface area contributed by atoms with Crippen LogP contribution in [0, 0.1) is 0 Å². The summed E-state index contributed by atoms with van der Waals surface area (Å²) >= 11 is 0. The predicted octanol–water partition coefficient (Wildman–Crippen LogP) is 10.7. The van der Waals surface area contributed by atoms with E-state index in [4.69, 9.17) is 14.2 Å². The van der Waals surface area contributed by atoms with Gasteiger partial charge in [-0.1, -0.05) is 96.9 Å². The van der Waals surface area contributed by atoms with Gasteiger partial charge in [0.05, 0.1) is 103 Å². The third kappa shape index (κ3) is 34.2. The van der Waals surface area contributed by atoms with Crippen molar-refractivity contribution in [3.05, 3.63) is 126 Å². The molecule has 0 amide bonds. The lowest BCUT2D eigenvalue weighted by molar-refractivity contribution is 0.0359. The monoisotopic (exact) mass is 1350 g/mol. The Bertz CT molecular complexity index is 3030. The fourth-order valence-electron chi connectivity index (χ4n) is 10.2. The lowest BCUT2D eigenvalue weighted by atomic mass is 10.1. The second-order valence-corrected chi connectivity index (χ2v) is 28.4. The van der Waals surface area contributed by atoms with Crippen molar-refractivity contribution in [1.82, 2.24) is 97.9 Å². The molecule has 23 nitrogen and oxygen atoms in total. The number of aryl methyl sites for hydroxylation is 2. The van der Waals surface area contributed by atoms with Gasteiger partial charge in [-0.05, 0) is 108 Å². The van der Waals surface area contributed by atoms with E-state index in [9.17, 15) is 0 Å². The summed E-state index contributed by atoms with van der Waals surface area (Å²) in [6.45, 7) is 58.6. The van der Waals surface area contributed by atoms with Crippen molar-refractivity contribution in [3.63, 3.8) is 0 Å². The summed E-state index contributed by atoms with van der Waals surface area (Å²) in [5.41, 5.74) is 9.21. The van der Waals surface area contributed by atoms with E-state index in [-0.39, 0.29) is 0 Å². The second kappa shape index (κ2) is 46.5. The molecule has 23 heteroatoms. The number of aromatic nitrogens is 14. The summed E-state index contributed by atoms with van der Waals surface area (Å²) in [5, 5.41) is 30.0. The summed E-state index contributed by atoms with van der Waals surface area (Å²) in [4.78, 5) is 14.5. The van der Waals surface area contributed by atoms with E-state index in [2.05, 4.69) is 237 Å². The lowest BCUT2D eigenvalue weighted by Gasteiger charge is -2.34. The van der Waals surface area contributed by atoms with Gasteiger partial charge in [0.2, 0.25) is 0 Å². The van der Waals surface area contributed by atoms with Gasteiger partial charge < -0.3 is 24.0 Å². The van der Waals surface area contributed by atoms with Crippen LogP contribution in [0.4, 0.5) is 0 Å². The zero-order chi connectivity index (χ0) is 71.2. The normalized spacial score (nSPS) is 15.1. The highest BCUT2D eigenvalue weighted by atomic mass is 16.5. The van der Waals surface area contributed by atoms with Gasteiger partial charge in [-0.2, -0.15) is 35.7 Å². The molecule has 7 aromatic heterocycles. The Balaban J connectivity index is 0.000000244. The molecule has 3 fully saturated rings. The molecular weight excluding hydrogens is 1220 g/mol. The van der Waals surface area contributed by atoms with Gasteiger partial charge in [0.1, 0.15) is 0 Å². The molecule has 97 heavy (non-hydrogen) atoms. The van der Waals surface area contributed by atoms with E-state index in [0.29, 0.717) is 41.4 Å². The molecule has 0 aliphatic carbocycles. The van der Waals surface area contributed by atoms with E-state index in [1.165, 1.54) is 65.1 Å². The predicted molar refractivity (Wildman–Crippen MR) is 397 cm³/mol. The van der Waals surface area contributed by atoms with E-state index < -0.39 is 0 Å². The smallest absolute Gasteiger partial charge is 0.0658 e. The number of hydrogen-bond donors (Lipinski definition) is 0. The van der Waals surface area contributed by atoms with Gasteiger partial charge in [-0.25, -0.2) is 0 Å².